The van der Waals surface area contributed by atoms with Gasteiger partial charge in [-0.1, -0.05) is 6.92 Å². The van der Waals surface area contributed by atoms with Crippen molar-refractivity contribution >= 4 is 5.91 Å². The number of hydrogen-bond acceptors (Lipinski definition) is 4. The van der Waals surface area contributed by atoms with Gasteiger partial charge in [0.15, 0.2) is 6.61 Å². The number of aliphatic hydroxyl groups excluding tert-OH is 1. The summed E-state index contributed by atoms with van der Waals surface area (Å²) in [6, 6.07) is 5.26. The molecule has 0 heterocycles. The lowest BCUT2D eigenvalue weighted by atomic mass is 10.1. The van der Waals surface area contributed by atoms with Crippen molar-refractivity contribution in [3.8, 4) is 11.5 Å². The molecule has 0 saturated carbocycles. The van der Waals surface area contributed by atoms with Crippen molar-refractivity contribution in [2.75, 3.05) is 13.7 Å². The number of hydrogen-bond donors (Lipinski definition) is 2. The summed E-state index contributed by atoms with van der Waals surface area (Å²) in [6.07, 6.45) is 0.192. The fourth-order valence-electron chi connectivity index (χ4n) is 1.67. The summed E-state index contributed by atoms with van der Waals surface area (Å²) in [5.74, 6) is 0.893. The Kier molecular flexibility index (Phi) is 6.31. The molecule has 5 heteroatoms. The Bertz CT molecular complexity index is 445. The number of methoxy groups -OCH3 is 1. The second-order valence-electron chi connectivity index (χ2n) is 4.75. The van der Waals surface area contributed by atoms with Gasteiger partial charge in [-0.3, -0.25) is 4.79 Å². The van der Waals surface area contributed by atoms with E-state index in [1.54, 1.807) is 32.2 Å². The van der Waals surface area contributed by atoms with E-state index in [1.165, 1.54) is 0 Å². The van der Waals surface area contributed by atoms with Gasteiger partial charge < -0.3 is 19.9 Å². The molecule has 0 spiro atoms. The van der Waals surface area contributed by atoms with Crippen molar-refractivity contribution in [3.63, 3.8) is 0 Å². The van der Waals surface area contributed by atoms with Crippen LogP contribution < -0.4 is 14.8 Å². The first-order chi connectivity index (χ1) is 9.47. The van der Waals surface area contributed by atoms with Crippen LogP contribution in [0.2, 0.25) is 0 Å². The number of nitrogens with one attached hydrogen (secondary N) is 1. The van der Waals surface area contributed by atoms with Gasteiger partial charge in [0, 0.05) is 17.7 Å². The van der Waals surface area contributed by atoms with Crippen LogP contribution in [0.1, 0.15) is 38.9 Å². The first-order valence-electron chi connectivity index (χ1n) is 6.76. The smallest absolute Gasteiger partial charge is 0.258 e. The summed E-state index contributed by atoms with van der Waals surface area (Å²) < 4.78 is 10.6. The van der Waals surface area contributed by atoms with Crippen molar-refractivity contribution in [3.05, 3.63) is 23.8 Å². The number of rotatable bonds is 7. The highest BCUT2D eigenvalue weighted by Crippen LogP contribution is 2.29. The minimum absolute atomic E-state index is 0.0861. The first-order valence-corrected chi connectivity index (χ1v) is 6.76. The van der Waals surface area contributed by atoms with Gasteiger partial charge in [0.25, 0.3) is 5.91 Å². The van der Waals surface area contributed by atoms with Gasteiger partial charge >= 0.3 is 0 Å². The van der Waals surface area contributed by atoms with Crippen molar-refractivity contribution in [2.45, 2.75) is 39.3 Å². The van der Waals surface area contributed by atoms with Crippen LogP contribution in [0.3, 0.4) is 0 Å². The van der Waals surface area contributed by atoms with Crippen LogP contribution in [0.5, 0.6) is 11.5 Å². The third-order valence-electron chi connectivity index (χ3n) is 3.05. The van der Waals surface area contributed by atoms with Crippen LogP contribution in [0.25, 0.3) is 0 Å². The molecular formula is C15H23NO4. The van der Waals surface area contributed by atoms with E-state index in [1.807, 2.05) is 13.8 Å². The monoisotopic (exact) mass is 281 g/mol. The summed E-state index contributed by atoms with van der Waals surface area (Å²) in [5, 5.41) is 12.5. The standard InChI is InChI=1S/C15H23NO4/c1-5-10(2)16-15(18)9-20-14-8-12(19-4)6-7-13(14)11(3)17/h6-8,10-11,17H,5,9H2,1-4H3,(H,16,18). The lowest BCUT2D eigenvalue weighted by molar-refractivity contribution is -0.123. The highest BCUT2D eigenvalue weighted by molar-refractivity contribution is 5.77. The van der Waals surface area contributed by atoms with E-state index in [0.29, 0.717) is 17.1 Å². The largest absolute Gasteiger partial charge is 0.497 e. The Hall–Kier alpha value is -1.75. The molecule has 0 bridgehead atoms. The Balaban J connectivity index is 2.72. The van der Waals surface area contributed by atoms with Gasteiger partial charge in [0.1, 0.15) is 11.5 Å². The maximum Gasteiger partial charge on any atom is 0.258 e. The molecule has 0 aliphatic carbocycles. The van der Waals surface area contributed by atoms with Crippen molar-refractivity contribution < 1.29 is 19.4 Å². The molecule has 0 saturated heterocycles. The summed E-state index contributed by atoms with van der Waals surface area (Å²) in [4.78, 5) is 11.7. The van der Waals surface area contributed by atoms with E-state index >= 15 is 0 Å². The summed E-state index contributed by atoms with van der Waals surface area (Å²) in [5.41, 5.74) is 0.627. The third-order valence-corrected chi connectivity index (χ3v) is 3.05. The normalized spacial score (nSPS) is 13.4. The fourth-order valence-corrected chi connectivity index (χ4v) is 1.67. The number of benzene rings is 1. The van der Waals surface area contributed by atoms with Crippen molar-refractivity contribution in [1.29, 1.82) is 0 Å². The predicted molar refractivity (Wildman–Crippen MR) is 77.0 cm³/mol. The summed E-state index contributed by atoms with van der Waals surface area (Å²) in [6.45, 7) is 5.50. The first kappa shape index (κ1) is 16.3. The molecule has 2 atom stereocenters. The van der Waals surface area contributed by atoms with E-state index in [0.717, 1.165) is 6.42 Å². The molecule has 1 rings (SSSR count). The SMILES string of the molecule is CCC(C)NC(=O)COc1cc(OC)ccc1C(C)O. The molecule has 0 aliphatic heterocycles. The second kappa shape index (κ2) is 7.75. The zero-order valence-corrected chi connectivity index (χ0v) is 12.5. The molecular weight excluding hydrogens is 258 g/mol. The van der Waals surface area contributed by atoms with Crippen LogP contribution >= 0.6 is 0 Å². The maximum atomic E-state index is 11.7. The van der Waals surface area contributed by atoms with Crippen LogP contribution in [0.4, 0.5) is 0 Å². The van der Waals surface area contributed by atoms with Gasteiger partial charge in [-0.05, 0) is 32.4 Å². The zero-order chi connectivity index (χ0) is 15.1. The molecule has 2 N–H and O–H groups in total. The van der Waals surface area contributed by atoms with Crippen LogP contribution in [0, 0.1) is 0 Å². The highest BCUT2D eigenvalue weighted by atomic mass is 16.5. The third kappa shape index (κ3) is 4.74. The van der Waals surface area contributed by atoms with E-state index in [4.69, 9.17) is 9.47 Å². The fraction of sp³-hybridized carbons (Fsp3) is 0.533. The van der Waals surface area contributed by atoms with E-state index in [9.17, 15) is 9.90 Å². The summed E-state index contributed by atoms with van der Waals surface area (Å²) in [7, 11) is 1.55. The molecule has 2 unspecified atom stereocenters. The molecule has 1 aromatic rings. The molecule has 1 amide bonds. The maximum absolute atomic E-state index is 11.7. The van der Waals surface area contributed by atoms with Gasteiger partial charge in [0.2, 0.25) is 0 Å². The number of aliphatic hydroxyl groups is 1. The van der Waals surface area contributed by atoms with E-state index in [-0.39, 0.29) is 18.6 Å². The summed E-state index contributed by atoms with van der Waals surface area (Å²) >= 11 is 0. The van der Waals surface area contributed by atoms with Gasteiger partial charge in [-0.15, -0.1) is 0 Å². The van der Waals surface area contributed by atoms with E-state index in [2.05, 4.69) is 5.32 Å². The van der Waals surface area contributed by atoms with Crippen LogP contribution in [-0.2, 0) is 4.79 Å². The Labute approximate surface area is 119 Å². The lowest BCUT2D eigenvalue weighted by Gasteiger charge is -2.16. The highest BCUT2D eigenvalue weighted by Gasteiger charge is 2.13. The molecule has 1 aromatic carbocycles. The average Bonchev–Trinajstić information content (AvgIpc) is 2.44. The molecule has 0 fully saturated rings. The quantitative estimate of drug-likeness (QED) is 0.802. The lowest BCUT2D eigenvalue weighted by Crippen LogP contribution is -2.35. The molecule has 0 aliphatic rings. The Morgan fingerprint density at radius 3 is 2.65 bits per heavy atom. The Morgan fingerprint density at radius 1 is 1.40 bits per heavy atom. The molecule has 20 heavy (non-hydrogen) atoms. The minimum atomic E-state index is -0.673. The molecule has 0 aromatic heterocycles. The van der Waals surface area contributed by atoms with Gasteiger partial charge in [-0.2, -0.15) is 0 Å². The van der Waals surface area contributed by atoms with Gasteiger partial charge in [0.05, 0.1) is 13.2 Å². The molecule has 0 radical (unpaired) electrons. The van der Waals surface area contributed by atoms with Crippen LogP contribution in [-0.4, -0.2) is 30.8 Å². The second-order valence-corrected chi connectivity index (χ2v) is 4.75. The average molecular weight is 281 g/mol. The number of carbonyl (C=O) groups is 1. The van der Waals surface area contributed by atoms with Gasteiger partial charge in [-0.25, -0.2) is 0 Å². The molecule has 5 nitrogen and oxygen atoms in total. The Morgan fingerprint density at radius 2 is 2.10 bits per heavy atom. The van der Waals surface area contributed by atoms with Crippen molar-refractivity contribution in [1.82, 2.24) is 5.32 Å². The number of amides is 1. The number of carbonyl (C=O) groups excluding carboxylic acids is 1. The predicted octanol–water partition coefficient (Wildman–Crippen LogP) is 2.04. The topological polar surface area (TPSA) is 67.8 Å². The zero-order valence-electron chi connectivity index (χ0n) is 12.5. The van der Waals surface area contributed by atoms with E-state index < -0.39 is 6.10 Å². The molecule has 112 valence electrons. The number of ether oxygens (including phenoxy) is 2. The minimum Gasteiger partial charge on any atom is -0.497 e. The van der Waals surface area contributed by atoms with Crippen LogP contribution in [0.15, 0.2) is 18.2 Å². The van der Waals surface area contributed by atoms with Crippen molar-refractivity contribution in [2.24, 2.45) is 0 Å².